The van der Waals surface area contributed by atoms with Crippen LogP contribution in [0.15, 0.2) is 54.6 Å². The zero-order valence-electron chi connectivity index (χ0n) is 16.9. The number of hydrogen-bond acceptors (Lipinski definition) is 5. The molecule has 1 aromatic heterocycles. The largest absolute Gasteiger partial charge is 0.465 e. The molecule has 2 aromatic carbocycles. The summed E-state index contributed by atoms with van der Waals surface area (Å²) in [5.41, 5.74) is 2.92. The van der Waals surface area contributed by atoms with Gasteiger partial charge in [-0.15, -0.1) is 11.3 Å². The second-order valence-electron chi connectivity index (χ2n) is 6.69. The third-order valence-corrected chi connectivity index (χ3v) is 5.86. The van der Waals surface area contributed by atoms with Gasteiger partial charge < -0.3 is 15.4 Å². The average Bonchev–Trinajstić information content (AvgIpc) is 3.08. The summed E-state index contributed by atoms with van der Waals surface area (Å²) in [5.74, 6) is -1.27. The lowest BCUT2D eigenvalue weighted by atomic mass is 10.1. The molecule has 0 fully saturated rings. The summed E-state index contributed by atoms with van der Waals surface area (Å²) in [5, 5.41) is 5.92. The van der Waals surface area contributed by atoms with E-state index in [4.69, 9.17) is 4.74 Å². The lowest BCUT2D eigenvalue weighted by molar-refractivity contribution is 0.0601. The molecule has 154 valence electrons. The van der Waals surface area contributed by atoms with Crippen LogP contribution < -0.4 is 10.6 Å². The Morgan fingerprint density at radius 2 is 1.60 bits per heavy atom. The number of carbonyl (C=O) groups is 3. The molecule has 0 aliphatic heterocycles. The van der Waals surface area contributed by atoms with Crippen molar-refractivity contribution < 1.29 is 19.1 Å². The number of hydrogen-bond donors (Lipinski definition) is 2. The van der Waals surface area contributed by atoms with Crippen LogP contribution in [0.2, 0.25) is 0 Å². The third-order valence-electron chi connectivity index (χ3n) is 4.66. The van der Waals surface area contributed by atoms with Crippen LogP contribution in [-0.4, -0.2) is 24.9 Å². The first-order valence-corrected chi connectivity index (χ1v) is 10.1. The topological polar surface area (TPSA) is 84.5 Å². The molecule has 0 aliphatic carbocycles. The lowest BCUT2D eigenvalue weighted by Crippen LogP contribution is -2.22. The zero-order chi connectivity index (χ0) is 21.7. The molecule has 30 heavy (non-hydrogen) atoms. The molecule has 3 rings (SSSR count). The molecule has 0 spiro atoms. The monoisotopic (exact) mass is 422 g/mol. The molecule has 0 saturated heterocycles. The van der Waals surface area contributed by atoms with E-state index >= 15 is 0 Å². The standard InChI is InChI=1S/C23H22N2O4S/c1-14-9-7-8-12-17(14)20(26)25-22-18(23(28)29-3)15(2)19(30-22)21(27)24-13-16-10-5-4-6-11-16/h4-12H,13H2,1-3H3,(H,24,27)(H,25,26). The van der Waals surface area contributed by atoms with Gasteiger partial charge in [0.15, 0.2) is 0 Å². The van der Waals surface area contributed by atoms with Gasteiger partial charge in [-0.2, -0.15) is 0 Å². The van der Waals surface area contributed by atoms with Crippen LogP contribution in [0.1, 0.15) is 47.1 Å². The second-order valence-corrected chi connectivity index (χ2v) is 7.71. The van der Waals surface area contributed by atoms with E-state index in [1.165, 1.54) is 7.11 Å². The predicted molar refractivity (Wildman–Crippen MR) is 117 cm³/mol. The van der Waals surface area contributed by atoms with Crippen molar-refractivity contribution in [1.29, 1.82) is 0 Å². The van der Waals surface area contributed by atoms with E-state index in [0.29, 0.717) is 22.5 Å². The van der Waals surface area contributed by atoms with Crippen molar-refractivity contribution in [1.82, 2.24) is 5.32 Å². The van der Waals surface area contributed by atoms with Crippen LogP contribution in [0.25, 0.3) is 0 Å². The molecule has 6 nitrogen and oxygen atoms in total. The number of ether oxygens (including phenoxy) is 1. The maximum atomic E-state index is 12.8. The summed E-state index contributed by atoms with van der Waals surface area (Å²) < 4.78 is 4.88. The van der Waals surface area contributed by atoms with Crippen molar-refractivity contribution in [3.63, 3.8) is 0 Å². The van der Waals surface area contributed by atoms with Gasteiger partial charge in [-0.25, -0.2) is 4.79 Å². The molecule has 0 bridgehead atoms. The summed E-state index contributed by atoms with van der Waals surface area (Å²) in [6.07, 6.45) is 0. The highest BCUT2D eigenvalue weighted by Gasteiger charge is 2.26. The number of nitrogens with one attached hydrogen (secondary N) is 2. The van der Waals surface area contributed by atoms with Crippen molar-refractivity contribution in [3.05, 3.63) is 87.3 Å². The summed E-state index contributed by atoms with van der Waals surface area (Å²) in [6.45, 7) is 3.86. The van der Waals surface area contributed by atoms with Gasteiger partial charge in [0, 0.05) is 12.1 Å². The number of methoxy groups -OCH3 is 1. The molecule has 0 radical (unpaired) electrons. The Balaban J connectivity index is 1.87. The van der Waals surface area contributed by atoms with E-state index < -0.39 is 5.97 Å². The highest BCUT2D eigenvalue weighted by Crippen LogP contribution is 2.34. The number of amides is 2. The predicted octanol–water partition coefficient (Wildman–Crippen LogP) is 4.33. The Morgan fingerprint density at radius 3 is 2.27 bits per heavy atom. The number of anilines is 1. The minimum Gasteiger partial charge on any atom is -0.465 e. The van der Waals surface area contributed by atoms with Crippen molar-refractivity contribution in [2.75, 3.05) is 12.4 Å². The first-order valence-electron chi connectivity index (χ1n) is 9.33. The van der Waals surface area contributed by atoms with Crippen molar-refractivity contribution in [2.45, 2.75) is 20.4 Å². The minimum atomic E-state index is -0.606. The van der Waals surface area contributed by atoms with Gasteiger partial charge in [0.2, 0.25) is 0 Å². The van der Waals surface area contributed by atoms with Gasteiger partial charge in [-0.1, -0.05) is 48.5 Å². The average molecular weight is 423 g/mol. The molecular weight excluding hydrogens is 400 g/mol. The van der Waals surface area contributed by atoms with Crippen molar-refractivity contribution in [2.24, 2.45) is 0 Å². The lowest BCUT2D eigenvalue weighted by Gasteiger charge is -2.08. The summed E-state index contributed by atoms with van der Waals surface area (Å²) in [7, 11) is 1.27. The minimum absolute atomic E-state index is 0.189. The van der Waals surface area contributed by atoms with Crippen LogP contribution >= 0.6 is 11.3 Å². The highest BCUT2D eigenvalue weighted by molar-refractivity contribution is 7.18. The quantitative estimate of drug-likeness (QED) is 0.579. The smallest absolute Gasteiger partial charge is 0.341 e. The number of rotatable bonds is 6. The van der Waals surface area contributed by atoms with E-state index in [1.54, 1.807) is 19.1 Å². The number of aryl methyl sites for hydroxylation is 1. The molecule has 0 atom stereocenters. The van der Waals surface area contributed by atoms with E-state index in [2.05, 4.69) is 10.6 Å². The molecule has 0 saturated carbocycles. The Kier molecular flexibility index (Phi) is 6.64. The molecule has 2 N–H and O–H groups in total. The zero-order valence-corrected chi connectivity index (χ0v) is 17.8. The SMILES string of the molecule is COC(=O)c1c(NC(=O)c2ccccc2C)sc(C(=O)NCc2ccccc2)c1C. The van der Waals surface area contributed by atoms with Gasteiger partial charge in [-0.3, -0.25) is 9.59 Å². The van der Waals surface area contributed by atoms with E-state index in [-0.39, 0.29) is 22.4 Å². The van der Waals surface area contributed by atoms with Gasteiger partial charge in [-0.05, 0) is 36.6 Å². The number of esters is 1. The second kappa shape index (κ2) is 9.37. The molecule has 1 heterocycles. The van der Waals surface area contributed by atoms with Gasteiger partial charge in [0.25, 0.3) is 11.8 Å². The number of benzene rings is 2. The van der Waals surface area contributed by atoms with Gasteiger partial charge in [0.1, 0.15) is 5.00 Å². The summed E-state index contributed by atoms with van der Waals surface area (Å²) in [6, 6.07) is 16.7. The Labute approximate surface area is 178 Å². The molecule has 0 unspecified atom stereocenters. The van der Waals surface area contributed by atoms with Crippen molar-refractivity contribution >= 4 is 34.1 Å². The first-order chi connectivity index (χ1) is 14.4. The Hall–Kier alpha value is -3.45. The van der Waals surface area contributed by atoms with Crippen LogP contribution in [0.4, 0.5) is 5.00 Å². The molecule has 7 heteroatoms. The fourth-order valence-electron chi connectivity index (χ4n) is 3.02. The maximum absolute atomic E-state index is 12.8. The fourth-order valence-corrected chi connectivity index (χ4v) is 4.13. The van der Waals surface area contributed by atoms with Crippen LogP contribution in [0, 0.1) is 13.8 Å². The van der Waals surface area contributed by atoms with E-state index in [9.17, 15) is 14.4 Å². The summed E-state index contributed by atoms with van der Waals surface area (Å²) >= 11 is 1.06. The van der Waals surface area contributed by atoms with Crippen LogP contribution in [0.5, 0.6) is 0 Å². The molecular formula is C23H22N2O4S. The van der Waals surface area contributed by atoms with Gasteiger partial charge >= 0.3 is 5.97 Å². The number of thiophene rings is 1. The Morgan fingerprint density at radius 1 is 0.933 bits per heavy atom. The highest BCUT2D eigenvalue weighted by atomic mass is 32.1. The normalized spacial score (nSPS) is 10.4. The third kappa shape index (κ3) is 4.58. The Bertz CT molecular complexity index is 1090. The summed E-state index contributed by atoms with van der Waals surface area (Å²) in [4.78, 5) is 38.2. The van der Waals surface area contributed by atoms with E-state index in [0.717, 1.165) is 22.5 Å². The number of carbonyl (C=O) groups excluding carboxylic acids is 3. The molecule has 0 aliphatic rings. The van der Waals surface area contributed by atoms with Crippen molar-refractivity contribution in [3.8, 4) is 0 Å². The van der Waals surface area contributed by atoms with E-state index in [1.807, 2.05) is 49.4 Å². The van der Waals surface area contributed by atoms with Crippen LogP contribution in [0.3, 0.4) is 0 Å². The molecule has 2 amide bonds. The molecule has 3 aromatic rings. The maximum Gasteiger partial charge on any atom is 0.341 e. The first kappa shape index (κ1) is 21.3. The van der Waals surface area contributed by atoms with Gasteiger partial charge in [0.05, 0.1) is 17.6 Å². The van der Waals surface area contributed by atoms with Crippen LogP contribution in [-0.2, 0) is 11.3 Å². The fraction of sp³-hybridized carbons (Fsp3) is 0.174.